The number of aliphatic hydroxyl groups is 1. The van der Waals surface area contributed by atoms with E-state index in [0.717, 1.165) is 24.0 Å². The molecular weight excluding hydrogens is 468 g/mol. The largest absolute Gasteiger partial charge is 0.454 e. The number of sulfonamides is 1. The average Bonchev–Trinajstić information content (AvgIpc) is 3.55. The van der Waals surface area contributed by atoms with Crippen LogP contribution in [0.1, 0.15) is 32.4 Å². The number of aliphatic hydroxyl groups excluding tert-OH is 1. The molecular formula is C26H28N2O6S. The van der Waals surface area contributed by atoms with Gasteiger partial charge in [0.2, 0.25) is 16.8 Å². The number of hydrogen-bond donors (Lipinski definition) is 2. The number of fused-ring (bicyclic) bond motifs is 1. The average molecular weight is 497 g/mol. The van der Waals surface area contributed by atoms with E-state index in [0.29, 0.717) is 22.9 Å². The van der Waals surface area contributed by atoms with Gasteiger partial charge in [-0.25, -0.2) is 13.1 Å². The van der Waals surface area contributed by atoms with Crippen molar-refractivity contribution in [3.05, 3.63) is 71.9 Å². The van der Waals surface area contributed by atoms with Gasteiger partial charge < -0.3 is 14.6 Å². The van der Waals surface area contributed by atoms with Crippen LogP contribution in [0.25, 0.3) is 11.3 Å². The van der Waals surface area contributed by atoms with Gasteiger partial charge in [0.25, 0.3) is 0 Å². The van der Waals surface area contributed by atoms with Crippen molar-refractivity contribution in [3.63, 3.8) is 0 Å². The van der Waals surface area contributed by atoms with Crippen LogP contribution in [0.2, 0.25) is 0 Å². The van der Waals surface area contributed by atoms with E-state index in [9.17, 15) is 13.2 Å². The molecule has 8 nitrogen and oxygen atoms in total. The summed E-state index contributed by atoms with van der Waals surface area (Å²) in [5.41, 5.74) is 2.50. The number of aromatic nitrogens is 1. The summed E-state index contributed by atoms with van der Waals surface area (Å²) < 4.78 is 38.1. The Morgan fingerprint density at radius 1 is 1.11 bits per heavy atom. The fourth-order valence-electron chi connectivity index (χ4n) is 4.30. The molecule has 0 bridgehead atoms. The Kier molecular flexibility index (Phi) is 6.08. The van der Waals surface area contributed by atoms with Crippen molar-refractivity contribution < 1.29 is 29.2 Å². The highest BCUT2D eigenvalue weighted by Crippen LogP contribution is 2.51. The van der Waals surface area contributed by atoms with Crippen molar-refractivity contribution in [3.8, 4) is 22.8 Å². The number of pyridine rings is 1. The summed E-state index contributed by atoms with van der Waals surface area (Å²) in [4.78, 5) is 18.1. The van der Waals surface area contributed by atoms with E-state index in [4.69, 9.17) is 14.6 Å². The third kappa shape index (κ3) is 4.67. The smallest absolute Gasteiger partial charge is 0.240 e. The Bertz CT molecular complexity index is 1370. The van der Waals surface area contributed by atoms with E-state index >= 15 is 0 Å². The minimum Gasteiger partial charge on any atom is -0.454 e. The Labute approximate surface area is 205 Å². The van der Waals surface area contributed by atoms with E-state index in [-0.39, 0.29) is 31.9 Å². The summed E-state index contributed by atoms with van der Waals surface area (Å²) in [5.74, 6) is 1.49. The van der Waals surface area contributed by atoms with Gasteiger partial charge >= 0.3 is 0 Å². The second-order valence-corrected chi connectivity index (χ2v) is 10.7. The molecule has 1 atom stereocenters. The second-order valence-electron chi connectivity index (χ2n) is 8.99. The lowest BCUT2D eigenvalue weighted by Gasteiger charge is -2.15. The van der Waals surface area contributed by atoms with Crippen LogP contribution in [0.4, 0.5) is 0 Å². The Balaban J connectivity index is 0.00000304. The number of Topliss-reactive ketones (excluding diaryl/α,β-unsaturated/α-hetero) is 1. The van der Waals surface area contributed by atoms with Gasteiger partial charge in [0.05, 0.1) is 22.6 Å². The summed E-state index contributed by atoms with van der Waals surface area (Å²) in [6.45, 7) is 1.49. The quantitative estimate of drug-likeness (QED) is 0.467. The highest BCUT2D eigenvalue weighted by Gasteiger charge is 2.51. The van der Waals surface area contributed by atoms with Crippen LogP contribution >= 0.6 is 0 Å². The van der Waals surface area contributed by atoms with Crippen molar-refractivity contribution in [1.82, 2.24) is 9.71 Å². The lowest BCUT2D eigenvalue weighted by Crippen LogP contribution is -2.34. The molecule has 2 heterocycles. The van der Waals surface area contributed by atoms with Crippen LogP contribution in [0.15, 0.2) is 65.6 Å². The van der Waals surface area contributed by atoms with Crippen LogP contribution in [-0.2, 0) is 26.7 Å². The first-order chi connectivity index (χ1) is 16.8. The number of ketones is 1. The van der Waals surface area contributed by atoms with Gasteiger partial charge in [-0.05, 0) is 61.7 Å². The van der Waals surface area contributed by atoms with Crippen molar-refractivity contribution in [2.24, 2.45) is 0 Å². The fourth-order valence-corrected chi connectivity index (χ4v) is 5.53. The molecule has 9 heteroatoms. The number of ether oxygens (including phenoxy) is 2. The van der Waals surface area contributed by atoms with Gasteiger partial charge in [-0.2, -0.15) is 0 Å². The summed E-state index contributed by atoms with van der Waals surface area (Å²) >= 11 is 0. The number of nitrogens with one attached hydrogen (secondary N) is 1. The van der Waals surface area contributed by atoms with Crippen LogP contribution in [-0.4, -0.2) is 43.7 Å². The van der Waals surface area contributed by atoms with Crippen LogP contribution < -0.4 is 14.2 Å². The number of rotatable bonds is 9. The molecule has 1 saturated carbocycles. The lowest BCUT2D eigenvalue weighted by atomic mass is 9.88. The van der Waals surface area contributed by atoms with Crippen molar-refractivity contribution in [2.75, 3.05) is 13.4 Å². The predicted octanol–water partition coefficient (Wildman–Crippen LogP) is 3.23. The summed E-state index contributed by atoms with van der Waals surface area (Å²) in [7, 11) is -3.73. The van der Waals surface area contributed by atoms with Gasteiger partial charge in [-0.15, -0.1) is 0 Å². The van der Waals surface area contributed by atoms with Crippen molar-refractivity contribution in [2.45, 2.75) is 42.5 Å². The van der Waals surface area contributed by atoms with Crippen LogP contribution in [0.3, 0.4) is 0 Å². The van der Waals surface area contributed by atoms with Gasteiger partial charge in [-0.1, -0.05) is 24.3 Å². The topological polar surface area (TPSA) is 115 Å². The zero-order chi connectivity index (χ0) is 24.6. The summed E-state index contributed by atoms with van der Waals surface area (Å²) in [6.07, 6.45) is 1.80. The SMILES string of the molecule is C[C@H](CO)NS(=O)(=O)c1ccc(-c2cccc(CC(=O)C3(c4ccc5c(c4)OCO5)CC3)n2)cc1.[HH]. The Hall–Kier alpha value is -3.27. The standard InChI is InChI=1S/C26H26N2O6S.H2/c1-17(15-29)28-35(31,32)21-8-5-18(6-9-21)22-4-2-3-20(27-22)14-25(30)26(11-12-26)19-7-10-23-24(13-19)34-16-33-23;/h2-10,13,17,28-29H,11-12,14-16H2,1H3;1H/t17-;/m1./s1. The monoisotopic (exact) mass is 496 g/mol. The highest BCUT2D eigenvalue weighted by atomic mass is 32.2. The summed E-state index contributed by atoms with van der Waals surface area (Å²) in [5, 5.41) is 9.11. The minimum atomic E-state index is -3.73. The Morgan fingerprint density at radius 2 is 1.86 bits per heavy atom. The van der Waals surface area contributed by atoms with Crippen molar-refractivity contribution >= 4 is 15.8 Å². The fraction of sp³-hybridized carbons (Fsp3) is 0.308. The van der Waals surface area contributed by atoms with E-state index < -0.39 is 21.5 Å². The molecule has 0 radical (unpaired) electrons. The zero-order valence-electron chi connectivity index (χ0n) is 19.2. The summed E-state index contributed by atoms with van der Waals surface area (Å²) in [6, 6.07) is 17.0. The number of hydrogen-bond acceptors (Lipinski definition) is 7. The molecule has 2 aromatic carbocycles. The molecule has 1 aliphatic heterocycles. The first-order valence-corrected chi connectivity index (χ1v) is 12.9. The van der Waals surface area contributed by atoms with E-state index in [2.05, 4.69) is 9.71 Å². The molecule has 0 spiro atoms. The molecule has 184 valence electrons. The van der Waals surface area contributed by atoms with Crippen LogP contribution in [0, 0.1) is 0 Å². The maximum atomic E-state index is 13.3. The molecule has 2 aliphatic rings. The van der Waals surface area contributed by atoms with Crippen LogP contribution in [0.5, 0.6) is 11.5 Å². The molecule has 1 aliphatic carbocycles. The lowest BCUT2D eigenvalue weighted by molar-refractivity contribution is -0.120. The molecule has 5 rings (SSSR count). The predicted molar refractivity (Wildman–Crippen MR) is 131 cm³/mol. The third-order valence-electron chi connectivity index (χ3n) is 6.45. The normalized spacial score (nSPS) is 16.6. The van der Waals surface area contributed by atoms with E-state index in [1.807, 2.05) is 36.4 Å². The number of benzene rings is 2. The molecule has 0 amide bonds. The van der Waals surface area contributed by atoms with E-state index in [1.165, 1.54) is 12.1 Å². The molecule has 35 heavy (non-hydrogen) atoms. The maximum absolute atomic E-state index is 13.3. The van der Waals surface area contributed by atoms with E-state index in [1.54, 1.807) is 19.1 Å². The molecule has 1 fully saturated rings. The zero-order valence-corrected chi connectivity index (χ0v) is 20.0. The molecule has 0 saturated heterocycles. The van der Waals surface area contributed by atoms with Gasteiger partial charge in [0, 0.05) is 25.1 Å². The van der Waals surface area contributed by atoms with Gasteiger partial charge in [0.1, 0.15) is 5.78 Å². The molecule has 1 aromatic heterocycles. The second kappa shape index (κ2) is 9.07. The first kappa shape index (κ1) is 23.5. The number of nitrogens with zero attached hydrogens (tertiary/aromatic N) is 1. The number of carbonyl (C=O) groups excluding carboxylic acids is 1. The van der Waals surface area contributed by atoms with Gasteiger partial charge in [0.15, 0.2) is 11.5 Å². The van der Waals surface area contributed by atoms with Crippen molar-refractivity contribution in [1.29, 1.82) is 0 Å². The molecule has 0 unspecified atom stereocenters. The number of carbonyl (C=O) groups is 1. The maximum Gasteiger partial charge on any atom is 0.240 e. The third-order valence-corrected chi connectivity index (χ3v) is 8.05. The molecule has 2 N–H and O–H groups in total. The highest BCUT2D eigenvalue weighted by molar-refractivity contribution is 7.89. The first-order valence-electron chi connectivity index (χ1n) is 11.4. The van der Waals surface area contributed by atoms with Gasteiger partial charge in [-0.3, -0.25) is 9.78 Å². The minimum absolute atomic E-state index is 0. The Morgan fingerprint density at radius 3 is 2.57 bits per heavy atom. The molecule has 3 aromatic rings.